The van der Waals surface area contributed by atoms with Crippen LogP contribution < -0.4 is 0 Å². The van der Waals surface area contributed by atoms with Gasteiger partial charge < -0.3 is 18.9 Å². The number of rotatable bonds is 9. The largest absolute Gasteiger partial charge is 0.455 e. The number of methoxy groups -OCH3 is 1. The van der Waals surface area contributed by atoms with Crippen LogP contribution in [0.15, 0.2) is 0 Å². The fraction of sp³-hybridized carbons (Fsp3) is 0.875. The minimum absolute atomic E-state index is 0.219. The third kappa shape index (κ3) is 9.26. The van der Waals surface area contributed by atoms with Crippen molar-refractivity contribution in [2.45, 2.75) is 13.2 Å². The maximum Gasteiger partial charge on any atom is 0.417 e. The lowest BCUT2D eigenvalue weighted by atomic mass is 10.7. The fourth-order valence-electron chi connectivity index (χ4n) is 0.585. The first-order valence-corrected chi connectivity index (χ1v) is 4.02. The Morgan fingerprint density at radius 1 is 1.23 bits per heavy atom. The molecule has 0 N–H and O–H groups in total. The van der Waals surface area contributed by atoms with E-state index in [1.54, 1.807) is 14.0 Å². The lowest BCUT2D eigenvalue weighted by Gasteiger charge is -2.10. The second kappa shape index (κ2) is 9.44. The highest BCUT2D eigenvalue weighted by Gasteiger charge is 1.97. The van der Waals surface area contributed by atoms with Crippen LogP contribution in [0.2, 0.25) is 0 Å². The Hall–Kier alpha value is -0.650. The smallest absolute Gasteiger partial charge is 0.417 e. The molecule has 77 valence electrons. The van der Waals surface area contributed by atoms with Crippen molar-refractivity contribution >= 4 is 6.47 Å². The molecular formula is C8H15O5. The minimum Gasteiger partial charge on any atom is -0.455 e. The summed E-state index contributed by atoms with van der Waals surface area (Å²) in [5.41, 5.74) is 0. The molecule has 0 fully saturated rings. The zero-order chi connectivity index (χ0) is 9.94. The van der Waals surface area contributed by atoms with E-state index >= 15 is 0 Å². The topological polar surface area (TPSA) is 54.0 Å². The molecule has 5 nitrogen and oxygen atoms in total. The Bertz CT molecular complexity index is 117. The summed E-state index contributed by atoms with van der Waals surface area (Å²) in [6.07, 6.45) is -0.219. The number of hydrogen-bond acceptors (Lipinski definition) is 5. The van der Waals surface area contributed by atoms with E-state index in [9.17, 15) is 4.79 Å². The molecule has 0 saturated carbocycles. The Labute approximate surface area is 77.9 Å². The molecule has 0 aromatic heterocycles. The van der Waals surface area contributed by atoms with Gasteiger partial charge in [0.1, 0.15) is 6.61 Å². The van der Waals surface area contributed by atoms with E-state index in [0.717, 1.165) is 0 Å². The van der Waals surface area contributed by atoms with E-state index in [0.29, 0.717) is 19.8 Å². The van der Waals surface area contributed by atoms with Crippen LogP contribution in [0, 0.1) is 0 Å². The molecule has 0 aromatic rings. The molecule has 1 atom stereocenters. The van der Waals surface area contributed by atoms with Crippen LogP contribution >= 0.6 is 0 Å². The monoisotopic (exact) mass is 191 g/mol. The molecule has 5 heteroatoms. The van der Waals surface area contributed by atoms with Gasteiger partial charge in [0.05, 0.1) is 19.8 Å². The average molecular weight is 191 g/mol. The van der Waals surface area contributed by atoms with Crippen LogP contribution in [0.3, 0.4) is 0 Å². The van der Waals surface area contributed by atoms with Crippen LogP contribution in [-0.4, -0.2) is 46.3 Å². The molecule has 0 heterocycles. The summed E-state index contributed by atoms with van der Waals surface area (Å²) in [6.45, 7) is 4.60. The summed E-state index contributed by atoms with van der Waals surface area (Å²) in [6, 6.07) is 0. The summed E-state index contributed by atoms with van der Waals surface area (Å²) < 4.78 is 19.3. The van der Waals surface area contributed by atoms with Crippen LogP contribution in [0.1, 0.15) is 6.92 Å². The zero-order valence-electron chi connectivity index (χ0n) is 7.95. The quantitative estimate of drug-likeness (QED) is 0.382. The van der Waals surface area contributed by atoms with Gasteiger partial charge in [0, 0.05) is 7.11 Å². The van der Waals surface area contributed by atoms with Crippen LogP contribution in [0.5, 0.6) is 0 Å². The molecular weight excluding hydrogens is 176 g/mol. The third-order valence-corrected chi connectivity index (χ3v) is 1.30. The molecule has 0 saturated heterocycles. The number of carbonyl (C=O) groups excluding carboxylic acids is 1. The van der Waals surface area contributed by atoms with Gasteiger partial charge >= 0.3 is 6.47 Å². The lowest BCUT2D eigenvalue weighted by Crippen LogP contribution is -2.15. The van der Waals surface area contributed by atoms with Crippen LogP contribution in [0.25, 0.3) is 0 Å². The molecule has 0 amide bonds. The lowest BCUT2D eigenvalue weighted by molar-refractivity contribution is -0.122. The highest BCUT2D eigenvalue weighted by Crippen LogP contribution is 1.89. The highest BCUT2D eigenvalue weighted by molar-refractivity contribution is 5.37. The minimum atomic E-state index is -0.219. The molecule has 0 aliphatic heterocycles. The van der Waals surface area contributed by atoms with E-state index < -0.39 is 0 Å². The Balaban J connectivity index is 2.95. The maximum absolute atomic E-state index is 9.58. The summed E-state index contributed by atoms with van der Waals surface area (Å²) in [5.74, 6) is 0. The highest BCUT2D eigenvalue weighted by atomic mass is 16.7. The Morgan fingerprint density at radius 2 is 1.92 bits per heavy atom. The molecule has 0 aliphatic carbocycles. The summed E-state index contributed by atoms with van der Waals surface area (Å²) >= 11 is 0. The predicted molar refractivity (Wildman–Crippen MR) is 44.9 cm³/mol. The van der Waals surface area contributed by atoms with Crippen molar-refractivity contribution in [1.29, 1.82) is 0 Å². The second-order valence-electron chi connectivity index (χ2n) is 2.22. The van der Waals surface area contributed by atoms with Gasteiger partial charge in [-0.05, 0) is 6.92 Å². The van der Waals surface area contributed by atoms with Crippen molar-refractivity contribution in [2.75, 3.05) is 33.5 Å². The third-order valence-electron chi connectivity index (χ3n) is 1.30. The predicted octanol–water partition coefficient (Wildman–Crippen LogP) is 0.0958. The number of hydrogen-bond donors (Lipinski definition) is 0. The second-order valence-corrected chi connectivity index (χ2v) is 2.22. The molecule has 1 radical (unpaired) electrons. The van der Waals surface area contributed by atoms with Crippen molar-refractivity contribution in [2.24, 2.45) is 0 Å². The van der Waals surface area contributed by atoms with Gasteiger partial charge in [0.15, 0.2) is 6.29 Å². The Morgan fingerprint density at radius 3 is 2.54 bits per heavy atom. The first kappa shape index (κ1) is 12.3. The molecule has 1 unspecified atom stereocenters. The standard InChI is InChI=1S/C8H15O5/c1-8(10-2)13-6-5-11-3-4-12-7-9/h8H,3-6H2,1-2H3. The van der Waals surface area contributed by atoms with Gasteiger partial charge in [0.2, 0.25) is 0 Å². The van der Waals surface area contributed by atoms with Crippen LogP contribution in [-0.2, 0) is 23.7 Å². The fourth-order valence-corrected chi connectivity index (χ4v) is 0.585. The van der Waals surface area contributed by atoms with Gasteiger partial charge in [-0.2, -0.15) is 0 Å². The molecule has 0 rings (SSSR count). The molecule has 0 aliphatic rings. The van der Waals surface area contributed by atoms with Crippen molar-refractivity contribution in [3.05, 3.63) is 0 Å². The van der Waals surface area contributed by atoms with Gasteiger partial charge in [0.25, 0.3) is 0 Å². The average Bonchev–Trinajstić information content (AvgIpc) is 2.16. The maximum atomic E-state index is 9.58. The van der Waals surface area contributed by atoms with E-state index in [1.165, 1.54) is 6.47 Å². The first-order chi connectivity index (χ1) is 6.31. The van der Waals surface area contributed by atoms with Gasteiger partial charge in [-0.25, -0.2) is 4.79 Å². The van der Waals surface area contributed by atoms with E-state index in [4.69, 9.17) is 14.2 Å². The number of ether oxygens (including phenoxy) is 4. The summed E-state index contributed by atoms with van der Waals surface area (Å²) in [5, 5.41) is 0. The molecule has 0 bridgehead atoms. The van der Waals surface area contributed by atoms with Crippen LogP contribution in [0.4, 0.5) is 0 Å². The van der Waals surface area contributed by atoms with Gasteiger partial charge in [-0.3, -0.25) is 0 Å². The zero-order valence-corrected chi connectivity index (χ0v) is 7.95. The molecule has 0 aromatic carbocycles. The normalized spacial score (nSPS) is 12.5. The van der Waals surface area contributed by atoms with Crippen molar-refractivity contribution in [1.82, 2.24) is 0 Å². The van der Waals surface area contributed by atoms with E-state index in [2.05, 4.69) is 4.74 Å². The molecule has 0 spiro atoms. The first-order valence-electron chi connectivity index (χ1n) is 4.02. The summed E-state index contributed by atoms with van der Waals surface area (Å²) in [4.78, 5) is 9.58. The van der Waals surface area contributed by atoms with Crippen molar-refractivity contribution < 1.29 is 23.7 Å². The van der Waals surface area contributed by atoms with Crippen molar-refractivity contribution in [3.63, 3.8) is 0 Å². The van der Waals surface area contributed by atoms with Crippen molar-refractivity contribution in [3.8, 4) is 0 Å². The molecule has 13 heavy (non-hydrogen) atoms. The SMILES string of the molecule is COC(C)OCCOCCO[C]=O. The van der Waals surface area contributed by atoms with Gasteiger partial charge in [-0.15, -0.1) is 0 Å². The van der Waals surface area contributed by atoms with E-state index in [1.807, 2.05) is 0 Å². The Kier molecular flexibility index (Phi) is 8.97. The summed E-state index contributed by atoms with van der Waals surface area (Å²) in [7, 11) is 1.57. The van der Waals surface area contributed by atoms with E-state index in [-0.39, 0.29) is 12.9 Å². The van der Waals surface area contributed by atoms with Gasteiger partial charge in [-0.1, -0.05) is 0 Å².